The molecule has 2 aliphatic heterocycles. The number of hydrogen-bond donors (Lipinski definition) is 1. The molecular weight excluding hydrogens is 224 g/mol. The van der Waals surface area contributed by atoms with Gasteiger partial charge in [0.25, 0.3) is 0 Å². The second-order valence-corrected chi connectivity index (χ2v) is 6.49. The second-order valence-electron chi connectivity index (χ2n) is 6.49. The van der Waals surface area contributed by atoms with Crippen molar-refractivity contribution in [3.8, 4) is 0 Å². The van der Waals surface area contributed by atoms with E-state index in [2.05, 4.69) is 4.90 Å². The van der Waals surface area contributed by atoms with Crippen LogP contribution in [0.25, 0.3) is 0 Å². The maximum atomic E-state index is 6.52. The van der Waals surface area contributed by atoms with Crippen molar-refractivity contribution >= 4 is 0 Å². The third-order valence-corrected chi connectivity index (χ3v) is 5.29. The summed E-state index contributed by atoms with van der Waals surface area (Å²) in [4.78, 5) is 2.62. The number of ether oxygens (including phenoxy) is 1. The van der Waals surface area contributed by atoms with Crippen molar-refractivity contribution in [1.29, 1.82) is 0 Å². The largest absolute Gasteiger partial charge is 0.374 e. The van der Waals surface area contributed by atoms with Gasteiger partial charge in [-0.05, 0) is 38.1 Å². The SMILES string of the molecule is NC(C1CCCCCC1)C1CN2CCCC2CO1. The Kier molecular flexibility index (Phi) is 4.22. The molecule has 3 fully saturated rings. The molecule has 0 radical (unpaired) electrons. The molecule has 3 nitrogen and oxygen atoms in total. The average Bonchev–Trinajstić information content (AvgIpc) is 2.69. The number of nitrogens with zero attached hydrogens (tertiary/aromatic N) is 1. The average molecular weight is 252 g/mol. The van der Waals surface area contributed by atoms with Gasteiger partial charge in [-0.25, -0.2) is 0 Å². The van der Waals surface area contributed by atoms with E-state index in [4.69, 9.17) is 10.5 Å². The van der Waals surface area contributed by atoms with E-state index in [1.165, 1.54) is 57.9 Å². The Balaban J connectivity index is 1.56. The maximum Gasteiger partial charge on any atom is 0.0856 e. The van der Waals surface area contributed by atoms with Crippen LogP contribution in [0.3, 0.4) is 0 Å². The van der Waals surface area contributed by atoms with E-state index in [1.54, 1.807) is 0 Å². The Morgan fingerprint density at radius 2 is 1.78 bits per heavy atom. The van der Waals surface area contributed by atoms with Crippen molar-refractivity contribution in [1.82, 2.24) is 4.90 Å². The number of fused-ring (bicyclic) bond motifs is 1. The monoisotopic (exact) mass is 252 g/mol. The number of nitrogens with two attached hydrogens (primary N) is 1. The van der Waals surface area contributed by atoms with E-state index in [0.29, 0.717) is 18.1 Å². The van der Waals surface area contributed by atoms with Crippen LogP contribution in [0.5, 0.6) is 0 Å². The zero-order chi connectivity index (χ0) is 12.4. The summed E-state index contributed by atoms with van der Waals surface area (Å²) in [5.74, 6) is 0.705. The third-order valence-electron chi connectivity index (χ3n) is 5.29. The molecule has 3 aliphatic rings. The summed E-state index contributed by atoms with van der Waals surface area (Å²) in [5, 5.41) is 0. The van der Waals surface area contributed by atoms with Gasteiger partial charge in [0.2, 0.25) is 0 Å². The van der Waals surface area contributed by atoms with Gasteiger partial charge >= 0.3 is 0 Å². The summed E-state index contributed by atoms with van der Waals surface area (Å²) in [6.07, 6.45) is 11.2. The molecule has 1 saturated carbocycles. The van der Waals surface area contributed by atoms with Gasteiger partial charge in [-0.3, -0.25) is 4.90 Å². The van der Waals surface area contributed by atoms with Crippen molar-refractivity contribution in [2.75, 3.05) is 19.7 Å². The van der Waals surface area contributed by atoms with Crippen LogP contribution in [0.2, 0.25) is 0 Å². The van der Waals surface area contributed by atoms with Gasteiger partial charge in [0.1, 0.15) is 0 Å². The van der Waals surface area contributed by atoms with Crippen molar-refractivity contribution < 1.29 is 4.74 Å². The fourth-order valence-electron chi connectivity index (χ4n) is 4.07. The Hall–Kier alpha value is -0.120. The first-order valence-electron chi connectivity index (χ1n) is 7.96. The minimum absolute atomic E-state index is 0.268. The van der Waals surface area contributed by atoms with E-state index in [0.717, 1.165) is 13.2 Å². The summed E-state index contributed by atoms with van der Waals surface area (Å²) in [6, 6.07) is 0.965. The zero-order valence-electron chi connectivity index (χ0n) is 11.5. The minimum atomic E-state index is 0.268. The molecule has 0 amide bonds. The Bertz CT molecular complexity index is 263. The highest BCUT2D eigenvalue weighted by Crippen LogP contribution is 2.30. The first kappa shape index (κ1) is 12.9. The molecule has 3 atom stereocenters. The molecule has 2 N–H and O–H groups in total. The summed E-state index contributed by atoms with van der Waals surface area (Å²) < 4.78 is 6.08. The topological polar surface area (TPSA) is 38.5 Å². The highest BCUT2D eigenvalue weighted by molar-refractivity contribution is 4.91. The molecule has 0 spiro atoms. The predicted octanol–water partition coefficient (Wildman–Crippen LogP) is 2.15. The number of morpholine rings is 1. The van der Waals surface area contributed by atoms with Crippen LogP contribution >= 0.6 is 0 Å². The van der Waals surface area contributed by atoms with Gasteiger partial charge in [0, 0.05) is 18.6 Å². The molecule has 2 saturated heterocycles. The van der Waals surface area contributed by atoms with Crippen LogP contribution in [0.4, 0.5) is 0 Å². The molecule has 3 rings (SSSR count). The van der Waals surface area contributed by atoms with Gasteiger partial charge in [-0.2, -0.15) is 0 Å². The molecule has 1 aliphatic carbocycles. The Morgan fingerprint density at radius 3 is 2.56 bits per heavy atom. The van der Waals surface area contributed by atoms with Crippen LogP contribution in [-0.4, -0.2) is 42.8 Å². The lowest BCUT2D eigenvalue weighted by atomic mass is 9.88. The van der Waals surface area contributed by atoms with Crippen molar-refractivity contribution in [3.63, 3.8) is 0 Å². The maximum absolute atomic E-state index is 6.52. The van der Waals surface area contributed by atoms with Crippen LogP contribution in [0, 0.1) is 5.92 Å². The van der Waals surface area contributed by atoms with Gasteiger partial charge in [-0.15, -0.1) is 0 Å². The first-order valence-corrected chi connectivity index (χ1v) is 7.96. The highest BCUT2D eigenvalue weighted by Gasteiger charge is 2.36. The first-order chi connectivity index (χ1) is 8.84. The molecule has 2 heterocycles. The molecular formula is C15H28N2O. The fourth-order valence-corrected chi connectivity index (χ4v) is 4.07. The number of hydrogen-bond acceptors (Lipinski definition) is 3. The van der Waals surface area contributed by atoms with Gasteiger partial charge < -0.3 is 10.5 Å². The standard InChI is InChI=1S/C15H28N2O/c16-15(12-6-3-1-2-4-7-12)14-10-17-9-5-8-13(17)11-18-14/h12-15H,1-11,16H2. The summed E-state index contributed by atoms with van der Waals surface area (Å²) >= 11 is 0. The molecule has 104 valence electrons. The molecule has 3 unspecified atom stereocenters. The molecule has 0 aromatic carbocycles. The van der Waals surface area contributed by atoms with Crippen molar-refractivity contribution in [3.05, 3.63) is 0 Å². The fraction of sp³-hybridized carbons (Fsp3) is 1.00. The molecule has 0 aromatic rings. The molecule has 0 bridgehead atoms. The lowest BCUT2D eigenvalue weighted by Crippen LogP contribution is -2.55. The van der Waals surface area contributed by atoms with E-state index < -0.39 is 0 Å². The van der Waals surface area contributed by atoms with Gasteiger partial charge in [0.15, 0.2) is 0 Å². The lowest BCUT2D eigenvalue weighted by Gasteiger charge is -2.40. The van der Waals surface area contributed by atoms with Crippen LogP contribution in [-0.2, 0) is 4.74 Å². The van der Waals surface area contributed by atoms with Crippen LogP contribution < -0.4 is 5.73 Å². The van der Waals surface area contributed by atoms with E-state index in [9.17, 15) is 0 Å². The quantitative estimate of drug-likeness (QED) is 0.765. The van der Waals surface area contributed by atoms with E-state index in [1.807, 2.05) is 0 Å². The summed E-state index contributed by atoms with van der Waals surface area (Å²) in [6.45, 7) is 3.27. The molecule has 3 heteroatoms. The van der Waals surface area contributed by atoms with Gasteiger partial charge in [-0.1, -0.05) is 25.7 Å². The van der Waals surface area contributed by atoms with Crippen molar-refractivity contribution in [2.24, 2.45) is 11.7 Å². The Morgan fingerprint density at radius 1 is 1.00 bits per heavy atom. The van der Waals surface area contributed by atoms with Gasteiger partial charge in [0.05, 0.1) is 12.7 Å². The molecule has 0 aromatic heterocycles. The van der Waals surface area contributed by atoms with E-state index >= 15 is 0 Å². The summed E-state index contributed by atoms with van der Waals surface area (Å²) in [7, 11) is 0. The number of rotatable bonds is 2. The lowest BCUT2D eigenvalue weighted by molar-refractivity contribution is -0.0678. The second kappa shape index (κ2) is 5.89. The van der Waals surface area contributed by atoms with Crippen molar-refractivity contribution in [2.45, 2.75) is 69.6 Å². The smallest absolute Gasteiger partial charge is 0.0856 e. The van der Waals surface area contributed by atoms with E-state index in [-0.39, 0.29) is 6.04 Å². The zero-order valence-corrected chi connectivity index (χ0v) is 11.5. The van der Waals surface area contributed by atoms with Crippen LogP contribution in [0.15, 0.2) is 0 Å². The predicted molar refractivity (Wildman–Crippen MR) is 73.5 cm³/mol. The summed E-state index contributed by atoms with van der Waals surface area (Å²) in [5.41, 5.74) is 6.52. The minimum Gasteiger partial charge on any atom is -0.374 e. The van der Waals surface area contributed by atoms with Crippen LogP contribution in [0.1, 0.15) is 51.4 Å². The third kappa shape index (κ3) is 2.73. The highest BCUT2D eigenvalue weighted by atomic mass is 16.5. The molecule has 18 heavy (non-hydrogen) atoms. The normalized spacial score (nSPS) is 37.2. The Labute approximate surface area is 111 Å².